The van der Waals surface area contributed by atoms with Crippen molar-refractivity contribution >= 4 is 6.03 Å². The molecule has 0 saturated carbocycles. The van der Waals surface area contributed by atoms with Crippen molar-refractivity contribution in [2.24, 2.45) is 5.73 Å². The fourth-order valence-corrected chi connectivity index (χ4v) is 0.771. The number of unbranched alkanes of at least 4 members (excludes halogenated alkanes) is 1. The number of amides is 2. The number of rotatable bonds is 5. The highest BCUT2D eigenvalue weighted by Crippen LogP contribution is 1.99. The number of hydrogen-bond acceptors (Lipinski definition) is 2. The van der Waals surface area contributed by atoms with Crippen molar-refractivity contribution in [3.63, 3.8) is 0 Å². The van der Waals surface area contributed by atoms with Crippen LogP contribution < -0.4 is 5.73 Å². The van der Waals surface area contributed by atoms with Crippen LogP contribution in [-0.4, -0.2) is 23.7 Å². The molecule has 0 spiro atoms. The van der Waals surface area contributed by atoms with E-state index in [9.17, 15) is 4.79 Å². The molecule has 12 heavy (non-hydrogen) atoms. The molecule has 0 aromatic carbocycles. The molecular weight excluding hydrogens is 156 g/mol. The third kappa shape index (κ3) is 4.96. The van der Waals surface area contributed by atoms with Gasteiger partial charge in [-0.3, -0.25) is 4.84 Å². The summed E-state index contributed by atoms with van der Waals surface area (Å²) in [5, 5.41) is 1.22. The molecule has 4 nitrogen and oxygen atoms in total. The van der Waals surface area contributed by atoms with Gasteiger partial charge in [-0.25, -0.2) is 9.86 Å². The Morgan fingerprint density at radius 2 is 2.17 bits per heavy atom. The van der Waals surface area contributed by atoms with Crippen LogP contribution in [0.2, 0.25) is 0 Å². The maximum absolute atomic E-state index is 10.8. The number of nitrogens with two attached hydrogens (primary N) is 1. The summed E-state index contributed by atoms with van der Waals surface area (Å²) in [7, 11) is 0. The van der Waals surface area contributed by atoms with Crippen LogP contribution in [-0.2, 0) is 4.84 Å². The summed E-state index contributed by atoms with van der Waals surface area (Å²) >= 11 is 0. The largest absolute Gasteiger partial charge is 0.350 e. The zero-order valence-electron chi connectivity index (χ0n) is 8.04. The molecule has 0 heterocycles. The Bertz CT molecular complexity index is 137. The summed E-state index contributed by atoms with van der Waals surface area (Å²) in [6, 6.07) is -0.517. The second-order valence-corrected chi connectivity index (χ2v) is 2.95. The van der Waals surface area contributed by atoms with Gasteiger partial charge in [0.15, 0.2) is 0 Å². The molecule has 2 amide bonds. The van der Waals surface area contributed by atoms with E-state index in [4.69, 9.17) is 10.6 Å². The predicted molar refractivity (Wildman–Crippen MR) is 47.4 cm³/mol. The van der Waals surface area contributed by atoms with Gasteiger partial charge in [0.1, 0.15) is 0 Å². The van der Waals surface area contributed by atoms with E-state index in [1.807, 2.05) is 13.8 Å². The van der Waals surface area contributed by atoms with Gasteiger partial charge < -0.3 is 5.73 Å². The lowest BCUT2D eigenvalue weighted by Gasteiger charge is -2.21. The third-order valence-corrected chi connectivity index (χ3v) is 1.30. The zero-order chi connectivity index (χ0) is 9.56. The van der Waals surface area contributed by atoms with E-state index in [-0.39, 0.29) is 6.10 Å². The lowest BCUT2D eigenvalue weighted by molar-refractivity contribution is -0.146. The first kappa shape index (κ1) is 11.2. The molecule has 0 saturated heterocycles. The van der Waals surface area contributed by atoms with Gasteiger partial charge >= 0.3 is 6.03 Å². The van der Waals surface area contributed by atoms with Crippen molar-refractivity contribution < 1.29 is 9.63 Å². The average Bonchev–Trinajstić information content (AvgIpc) is 1.96. The molecule has 72 valence electrons. The Balaban J connectivity index is 3.78. The molecule has 4 heteroatoms. The van der Waals surface area contributed by atoms with Crippen LogP contribution in [0.1, 0.15) is 33.6 Å². The van der Waals surface area contributed by atoms with Crippen LogP contribution in [0.3, 0.4) is 0 Å². The molecule has 0 bridgehead atoms. The minimum Gasteiger partial charge on any atom is -0.350 e. The molecule has 0 aliphatic rings. The minimum atomic E-state index is -0.517. The molecule has 0 aliphatic carbocycles. The number of hydroxylamine groups is 2. The molecule has 0 aromatic heterocycles. The van der Waals surface area contributed by atoms with Gasteiger partial charge in [0.2, 0.25) is 0 Å². The normalized spacial score (nSPS) is 10.3. The smallest absolute Gasteiger partial charge is 0.338 e. The highest BCUT2D eigenvalue weighted by Gasteiger charge is 2.10. The van der Waals surface area contributed by atoms with E-state index in [0.29, 0.717) is 6.54 Å². The Labute approximate surface area is 73.6 Å². The van der Waals surface area contributed by atoms with Gasteiger partial charge in [-0.1, -0.05) is 13.3 Å². The zero-order valence-corrected chi connectivity index (χ0v) is 8.04. The maximum atomic E-state index is 10.8. The molecule has 0 fully saturated rings. The van der Waals surface area contributed by atoms with Gasteiger partial charge in [-0.15, -0.1) is 0 Å². The Hall–Kier alpha value is -0.770. The molecular formula is C8H18N2O2. The van der Waals surface area contributed by atoms with E-state index in [2.05, 4.69) is 6.92 Å². The van der Waals surface area contributed by atoms with E-state index >= 15 is 0 Å². The first-order valence-electron chi connectivity index (χ1n) is 4.31. The van der Waals surface area contributed by atoms with E-state index < -0.39 is 6.03 Å². The van der Waals surface area contributed by atoms with Crippen LogP contribution >= 0.6 is 0 Å². The Morgan fingerprint density at radius 1 is 1.58 bits per heavy atom. The standard InChI is InChI=1S/C8H18N2O2/c1-4-5-6-10(8(9)11)12-7(2)3/h7H,4-6H2,1-3H3,(H2,9,11). The number of urea groups is 1. The van der Waals surface area contributed by atoms with Crippen molar-refractivity contribution in [1.29, 1.82) is 0 Å². The topological polar surface area (TPSA) is 55.6 Å². The van der Waals surface area contributed by atoms with Crippen LogP contribution in [0.25, 0.3) is 0 Å². The highest BCUT2D eigenvalue weighted by atomic mass is 16.7. The third-order valence-electron chi connectivity index (χ3n) is 1.30. The quantitative estimate of drug-likeness (QED) is 0.642. The summed E-state index contributed by atoms with van der Waals surface area (Å²) in [5.41, 5.74) is 5.09. The SMILES string of the molecule is CCCCN(OC(C)C)C(N)=O. The minimum absolute atomic E-state index is 0.00523. The van der Waals surface area contributed by atoms with Crippen molar-refractivity contribution in [2.75, 3.05) is 6.54 Å². The lowest BCUT2D eigenvalue weighted by atomic mass is 10.3. The second-order valence-electron chi connectivity index (χ2n) is 2.95. The maximum Gasteiger partial charge on any atom is 0.338 e. The van der Waals surface area contributed by atoms with Crippen LogP contribution in [0.5, 0.6) is 0 Å². The van der Waals surface area contributed by atoms with E-state index in [0.717, 1.165) is 12.8 Å². The number of nitrogens with zero attached hydrogens (tertiary/aromatic N) is 1. The summed E-state index contributed by atoms with van der Waals surface area (Å²) in [6.07, 6.45) is 1.93. The lowest BCUT2D eigenvalue weighted by Crippen LogP contribution is -2.38. The molecule has 0 rings (SSSR count). The number of primary amides is 1. The first-order valence-corrected chi connectivity index (χ1v) is 4.31. The van der Waals surface area contributed by atoms with E-state index in [1.54, 1.807) is 0 Å². The van der Waals surface area contributed by atoms with E-state index in [1.165, 1.54) is 5.06 Å². The Morgan fingerprint density at radius 3 is 2.50 bits per heavy atom. The van der Waals surface area contributed by atoms with Gasteiger partial charge in [0, 0.05) is 0 Å². The van der Waals surface area contributed by atoms with Crippen LogP contribution in [0, 0.1) is 0 Å². The van der Waals surface area contributed by atoms with Gasteiger partial charge in [-0.2, -0.15) is 0 Å². The highest BCUT2D eigenvalue weighted by molar-refractivity contribution is 5.70. The van der Waals surface area contributed by atoms with Crippen molar-refractivity contribution in [2.45, 2.75) is 39.7 Å². The summed E-state index contributed by atoms with van der Waals surface area (Å²) in [4.78, 5) is 15.9. The molecule has 0 unspecified atom stereocenters. The van der Waals surface area contributed by atoms with Gasteiger partial charge in [0.25, 0.3) is 0 Å². The van der Waals surface area contributed by atoms with Crippen molar-refractivity contribution in [1.82, 2.24) is 5.06 Å². The fourth-order valence-electron chi connectivity index (χ4n) is 0.771. The molecule has 0 aromatic rings. The number of hydrogen-bond donors (Lipinski definition) is 1. The Kier molecular flexibility index (Phi) is 5.45. The predicted octanol–water partition coefficient (Wildman–Crippen LogP) is 1.51. The molecule has 0 aliphatic heterocycles. The van der Waals surface area contributed by atoms with Gasteiger partial charge in [0.05, 0.1) is 12.6 Å². The van der Waals surface area contributed by atoms with Crippen molar-refractivity contribution in [3.05, 3.63) is 0 Å². The first-order chi connectivity index (χ1) is 5.57. The molecule has 2 N–H and O–H groups in total. The molecule has 0 atom stereocenters. The van der Waals surface area contributed by atoms with Crippen LogP contribution in [0.15, 0.2) is 0 Å². The van der Waals surface area contributed by atoms with Gasteiger partial charge in [-0.05, 0) is 20.3 Å². The van der Waals surface area contributed by atoms with Crippen molar-refractivity contribution in [3.8, 4) is 0 Å². The summed E-state index contributed by atoms with van der Waals surface area (Å²) < 4.78 is 0. The molecule has 0 radical (unpaired) electrons. The summed E-state index contributed by atoms with van der Waals surface area (Å²) in [6.45, 7) is 6.35. The second kappa shape index (κ2) is 5.83. The average molecular weight is 174 g/mol. The fraction of sp³-hybridized carbons (Fsp3) is 0.875. The summed E-state index contributed by atoms with van der Waals surface area (Å²) in [5.74, 6) is 0. The number of carbonyl (C=O) groups excluding carboxylic acids is 1. The monoisotopic (exact) mass is 174 g/mol. The van der Waals surface area contributed by atoms with Crippen LogP contribution in [0.4, 0.5) is 4.79 Å². The number of carbonyl (C=O) groups is 1.